The van der Waals surface area contributed by atoms with Crippen molar-refractivity contribution in [1.29, 1.82) is 0 Å². The van der Waals surface area contributed by atoms with Gasteiger partial charge >= 0.3 is 6.18 Å². The molecule has 3 aromatic heterocycles. The number of aromatic nitrogens is 4. The number of nitrogens with one attached hydrogen (secondary N) is 3. The van der Waals surface area contributed by atoms with Crippen LogP contribution in [0.5, 0.6) is 0 Å². The Labute approximate surface area is 181 Å². The summed E-state index contributed by atoms with van der Waals surface area (Å²) in [5, 5.41) is 11.2. The maximum absolute atomic E-state index is 12.8. The lowest BCUT2D eigenvalue weighted by Gasteiger charge is -2.19. The van der Waals surface area contributed by atoms with Crippen molar-refractivity contribution in [1.82, 2.24) is 20.2 Å². The Balaban J connectivity index is 1.71. The molecule has 0 fully saturated rings. The number of aromatic amines is 1. The fourth-order valence-electron chi connectivity index (χ4n) is 2.86. The van der Waals surface area contributed by atoms with Crippen LogP contribution in [0.1, 0.15) is 40.3 Å². The first-order chi connectivity index (χ1) is 15.2. The summed E-state index contributed by atoms with van der Waals surface area (Å²) in [5.41, 5.74) is -1.11. The number of nitrogens with zero attached hydrogens (tertiary/aromatic N) is 4. The highest BCUT2D eigenvalue weighted by Crippen LogP contribution is 2.29. The number of pyridine rings is 2. The number of hydrogen-bond donors (Lipinski definition) is 3. The molecule has 3 N–H and O–H groups in total. The summed E-state index contributed by atoms with van der Waals surface area (Å²) in [6.07, 6.45) is -0.292. The van der Waals surface area contributed by atoms with E-state index in [1.807, 2.05) is 18.7 Å². The number of hydrogen-bond acceptors (Lipinski definition) is 6. The summed E-state index contributed by atoms with van der Waals surface area (Å²) >= 11 is 0. The van der Waals surface area contributed by atoms with Crippen LogP contribution in [0.3, 0.4) is 0 Å². The first kappa shape index (κ1) is 22.7. The van der Waals surface area contributed by atoms with Gasteiger partial charge in [-0.2, -0.15) is 18.3 Å². The molecule has 0 aromatic carbocycles. The van der Waals surface area contributed by atoms with Crippen molar-refractivity contribution < 1.29 is 22.8 Å². The Morgan fingerprint density at radius 1 is 1.06 bits per heavy atom. The number of rotatable bonds is 7. The van der Waals surface area contributed by atoms with Crippen LogP contribution in [0.15, 0.2) is 43.0 Å². The van der Waals surface area contributed by atoms with Gasteiger partial charge in [0, 0.05) is 31.7 Å². The van der Waals surface area contributed by atoms with E-state index in [4.69, 9.17) is 0 Å². The van der Waals surface area contributed by atoms with Gasteiger partial charge in [-0.3, -0.25) is 19.7 Å². The van der Waals surface area contributed by atoms with Gasteiger partial charge in [0.2, 0.25) is 0 Å². The van der Waals surface area contributed by atoms with Crippen LogP contribution in [0.4, 0.5) is 30.4 Å². The highest BCUT2D eigenvalue weighted by Gasteiger charge is 2.31. The zero-order valence-electron chi connectivity index (χ0n) is 17.2. The van der Waals surface area contributed by atoms with Crippen molar-refractivity contribution in [2.24, 2.45) is 0 Å². The van der Waals surface area contributed by atoms with Crippen molar-refractivity contribution in [3.05, 3.63) is 59.8 Å². The largest absolute Gasteiger partial charge is 0.417 e. The van der Waals surface area contributed by atoms with Crippen molar-refractivity contribution in [3.8, 4) is 0 Å². The van der Waals surface area contributed by atoms with E-state index in [1.54, 1.807) is 12.1 Å². The molecular weight excluding hydrogens is 427 g/mol. The highest BCUT2D eigenvalue weighted by atomic mass is 19.4. The van der Waals surface area contributed by atoms with Crippen LogP contribution in [0.25, 0.3) is 0 Å². The molecule has 12 heteroatoms. The minimum atomic E-state index is -4.64. The monoisotopic (exact) mass is 447 g/mol. The zero-order chi connectivity index (χ0) is 23.3. The van der Waals surface area contributed by atoms with Gasteiger partial charge in [-0.15, -0.1) is 0 Å². The molecule has 0 bridgehead atoms. The van der Waals surface area contributed by atoms with E-state index < -0.39 is 23.6 Å². The molecule has 3 rings (SSSR count). The topological polar surface area (TPSA) is 116 Å². The molecule has 0 aliphatic carbocycles. The van der Waals surface area contributed by atoms with Crippen LogP contribution in [0, 0.1) is 0 Å². The van der Waals surface area contributed by atoms with Crippen LogP contribution < -0.4 is 15.5 Å². The number of alkyl halides is 3. The van der Waals surface area contributed by atoms with Gasteiger partial charge < -0.3 is 15.5 Å². The smallest absolute Gasteiger partial charge is 0.357 e. The van der Waals surface area contributed by atoms with Gasteiger partial charge in [0.25, 0.3) is 11.8 Å². The minimum absolute atomic E-state index is 0.00219. The van der Waals surface area contributed by atoms with Gasteiger partial charge in [-0.25, -0.2) is 4.98 Å². The van der Waals surface area contributed by atoms with Gasteiger partial charge in [-0.1, -0.05) is 0 Å². The lowest BCUT2D eigenvalue weighted by Crippen LogP contribution is -2.23. The predicted octanol–water partition coefficient (Wildman–Crippen LogP) is 3.57. The van der Waals surface area contributed by atoms with E-state index in [2.05, 4.69) is 30.8 Å². The Kier molecular flexibility index (Phi) is 6.71. The fourth-order valence-corrected chi connectivity index (χ4v) is 2.86. The second kappa shape index (κ2) is 9.45. The predicted molar refractivity (Wildman–Crippen MR) is 112 cm³/mol. The summed E-state index contributed by atoms with van der Waals surface area (Å²) in [6.45, 7) is 5.58. The number of anilines is 3. The molecule has 3 heterocycles. The van der Waals surface area contributed by atoms with E-state index in [0.29, 0.717) is 18.0 Å². The average Bonchev–Trinajstić information content (AvgIpc) is 3.23. The van der Waals surface area contributed by atoms with Crippen LogP contribution in [-0.4, -0.2) is 45.1 Å². The Bertz CT molecular complexity index is 1090. The van der Waals surface area contributed by atoms with E-state index >= 15 is 0 Å². The molecule has 0 aliphatic rings. The molecule has 0 spiro atoms. The van der Waals surface area contributed by atoms with Gasteiger partial charge in [-0.05, 0) is 32.0 Å². The maximum Gasteiger partial charge on any atom is 0.417 e. The molecule has 32 heavy (non-hydrogen) atoms. The Morgan fingerprint density at radius 2 is 1.81 bits per heavy atom. The highest BCUT2D eigenvalue weighted by molar-refractivity contribution is 6.11. The lowest BCUT2D eigenvalue weighted by atomic mass is 10.2. The third-order valence-electron chi connectivity index (χ3n) is 4.52. The summed E-state index contributed by atoms with van der Waals surface area (Å²) in [6, 6.07) is 4.11. The second-order valence-electron chi connectivity index (χ2n) is 6.59. The van der Waals surface area contributed by atoms with Gasteiger partial charge in [0.15, 0.2) is 5.69 Å². The molecule has 3 aromatic rings. The summed E-state index contributed by atoms with van der Waals surface area (Å²) < 4.78 is 38.5. The Hall–Kier alpha value is -3.96. The first-order valence-electron chi connectivity index (χ1n) is 9.62. The Morgan fingerprint density at radius 3 is 2.44 bits per heavy atom. The molecule has 0 saturated carbocycles. The molecule has 0 unspecified atom stereocenters. The van der Waals surface area contributed by atoms with Gasteiger partial charge in [0.05, 0.1) is 28.7 Å². The zero-order valence-corrected chi connectivity index (χ0v) is 17.2. The van der Waals surface area contributed by atoms with Crippen molar-refractivity contribution in [3.63, 3.8) is 0 Å². The van der Waals surface area contributed by atoms with Crippen LogP contribution in [-0.2, 0) is 6.18 Å². The molecular formula is C20H20F3N7O2. The summed E-state index contributed by atoms with van der Waals surface area (Å²) in [5.74, 6) is -0.749. The molecule has 9 nitrogen and oxygen atoms in total. The third-order valence-corrected chi connectivity index (χ3v) is 4.52. The number of carbonyl (C=O) groups excluding carboxylic acids is 2. The molecule has 0 aliphatic heterocycles. The summed E-state index contributed by atoms with van der Waals surface area (Å²) in [4.78, 5) is 34.8. The molecule has 0 saturated heterocycles. The van der Waals surface area contributed by atoms with E-state index in [1.165, 1.54) is 12.4 Å². The number of carbonyl (C=O) groups is 2. The maximum atomic E-state index is 12.8. The van der Waals surface area contributed by atoms with Crippen LogP contribution >= 0.6 is 0 Å². The molecule has 0 radical (unpaired) electrons. The SMILES string of the molecule is CCN(CC)c1ccc(NC(=O)c2n[nH]cc2NC(=O)c2cncc(C(F)(F)F)c2)cn1. The van der Waals surface area contributed by atoms with Crippen molar-refractivity contribution in [2.45, 2.75) is 20.0 Å². The van der Waals surface area contributed by atoms with Crippen molar-refractivity contribution in [2.75, 3.05) is 28.6 Å². The van der Waals surface area contributed by atoms with E-state index in [9.17, 15) is 22.8 Å². The molecule has 2 amide bonds. The molecule has 0 atom stereocenters. The lowest BCUT2D eigenvalue weighted by molar-refractivity contribution is -0.137. The number of H-pyrrole nitrogens is 1. The minimum Gasteiger partial charge on any atom is -0.357 e. The first-order valence-corrected chi connectivity index (χ1v) is 9.62. The number of halogens is 3. The molecule has 168 valence electrons. The second-order valence-corrected chi connectivity index (χ2v) is 6.59. The summed E-state index contributed by atoms with van der Waals surface area (Å²) in [7, 11) is 0. The third kappa shape index (κ3) is 5.20. The average molecular weight is 447 g/mol. The van der Waals surface area contributed by atoms with E-state index in [-0.39, 0.29) is 16.9 Å². The fraction of sp³-hybridized carbons (Fsp3) is 0.250. The standard InChI is InChI=1S/C20H20F3N7O2/c1-3-30(4-2)16-6-5-14(10-25-16)27-19(32)17-15(11-26-29-17)28-18(31)12-7-13(9-24-8-12)20(21,22)23/h5-11H,3-4H2,1-2H3,(H,26,29)(H,27,32)(H,28,31). The van der Waals surface area contributed by atoms with Gasteiger partial charge in [0.1, 0.15) is 5.82 Å². The van der Waals surface area contributed by atoms with Crippen molar-refractivity contribution >= 4 is 29.0 Å². The quantitative estimate of drug-likeness (QED) is 0.510. The number of amides is 2. The van der Waals surface area contributed by atoms with E-state index in [0.717, 1.165) is 25.1 Å². The normalized spacial score (nSPS) is 11.2. The van der Waals surface area contributed by atoms with Crippen LogP contribution in [0.2, 0.25) is 0 Å².